The highest BCUT2D eigenvalue weighted by Crippen LogP contribution is 2.17. The number of Topliss-reactive ketones (excluding diaryl/α,β-unsaturated/α-hetero) is 3. The summed E-state index contributed by atoms with van der Waals surface area (Å²) in [5, 5.41) is 87.6. The molecule has 486 valence electrons. The summed E-state index contributed by atoms with van der Waals surface area (Å²) >= 11 is 0. The SMILES string of the molecule is O=C(O)CN1CCN(CC(=O)O)CCN(CC(=O)c2cc(C(=O)CN3CCN(CC(=O)O)CCN(CC(=O)O)CCN(CC(=O)O)CC3)cc(C(=O)CN3CCN(CC(=O)O)CCN(CC(=O)O)CCN(CC(=O)O)CC3)c2)CCN(CC(=O)O)CC1. The standard InChI is InChI=1S/C54H84N12O21/c67-43(28-55-1-7-58(31-46(70)71)13-19-64(37-52(82)83)20-14-59(8-2-55)32-47(72)73)40-25-41(44(68)29-56-3-9-60(33-48(74)75)15-21-65(38-53(84)85)22-16-61(10-4-56)34-49(76)77)27-42(26-40)45(69)30-57-5-11-62(35-50(78)79)17-23-66(39-54(86)87)24-18-63(12-6-57)36-51(80)81/h25-27H,1-24,28-39H2,(H,70,71)(H,72,73)(H,74,75)(H,76,77)(H,78,79)(H,80,81)(H,82,83)(H,84,85)(H,86,87). The number of benzene rings is 1. The molecule has 0 saturated carbocycles. The van der Waals surface area contributed by atoms with Crippen molar-refractivity contribution < 1.29 is 103 Å². The lowest BCUT2D eigenvalue weighted by Crippen LogP contribution is -2.49. The van der Waals surface area contributed by atoms with Crippen LogP contribution in [0.3, 0.4) is 0 Å². The molecule has 3 heterocycles. The fourth-order valence-electron chi connectivity index (χ4n) is 10.3. The van der Waals surface area contributed by atoms with Crippen molar-refractivity contribution in [3.8, 4) is 0 Å². The van der Waals surface area contributed by atoms with Gasteiger partial charge in [-0.05, 0) is 18.2 Å². The van der Waals surface area contributed by atoms with Crippen molar-refractivity contribution in [1.82, 2.24) is 58.8 Å². The first-order valence-corrected chi connectivity index (χ1v) is 28.6. The number of hydrogen-bond acceptors (Lipinski definition) is 24. The van der Waals surface area contributed by atoms with Crippen LogP contribution in [0, 0.1) is 0 Å². The van der Waals surface area contributed by atoms with Crippen molar-refractivity contribution in [2.24, 2.45) is 0 Å². The molecule has 1 aromatic rings. The third kappa shape index (κ3) is 30.0. The molecule has 1 aromatic carbocycles. The highest BCUT2D eigenvalue weighted by Gasteiger charge is 2.28. The smallest absolute Gasteiger partial charge is 0.317 e. The summed E-state index contributed by atoms with van der Waals surface area (Å²) in [6.45, 7) is -2.86. The van der Waals surface area contributed by atoms with Gasteiger partial charge in [0, 0.05) is 174 Å². The molecule has 0 spiro atoms. The van der Waals surface area contributed by atoms with E-state index in [9.17, 15) is 103 Å². The van der Waals surface area contributed by atoms with Crippen LogP contribution in [0.5, 0.6) is 0 Å². The minimum atomic E-state index is -1.17. The van der Waals surface area contributed by atoms with Crippen LogP contribution >= 0.6 is 0 Å². The predicted octanol–water partition coefficient (Wildman–Crippen LogP) is -5.34. The van der Waals surface area contributed by atoms with Crippen LogP contribution < -0.4 is 0 Å². The number of aliphatic carboxylic acids is 9. The molecule has 3 aliphatic rings. The third-order valence-corrected chi connectivity index (χ3v) is 15.0. The Morgan fingerprint density at radius 3 is 0.379 bits per heavy atom. The minimum Gasteiger partial charge on any atom is -0.480 e. The maximum absolute atomic E-state index is 14.8. The van der Waals surface area contributed by atoms with E-state index in [0.29, 0.717) is 0 Å². The Hall–Kier alpha value is -7.02. The molecule has 4 rings (SSSR count). The Bertz CT molecular complexity index is 2170. The second kappa shape index (κ2) is 37.6. The summed E-state index contributed by atoms with van der Waals surface area (Å²) in [7, 11) is 0. The maximum atomic E-state index is 14.8. The van der Waals surface area contributed by atoms with E-state index in [-0.39, 0.29) is 213 Å². The number of carbonyl (C=O) groups is 12. The molecule has 3 saturated heterocycles. The van der Waals surface area contributed by atoms with Gasteiger partial charge in [0.25, 0.3) is 0 Å². The van der Waals surface area contributed by atoms with Crippen molar-refractivity contribution in [2.45, 2.75) is 0 Å². The molecule has 0 radical (unpaired) electrons. The van der Waals surface area contributed by atoms with Gasteiger partial charge in [0.2, 0.25) is 0 Å². The lowest BCUT2D eigenvalue weighted by molar-refractivity contribution is -0.140. The molecule has 0 bridgehead atoms. The first-order valence-electron chi connectivity index (χ1n) is 28.6. The molecule has 3 aliphatic heterocycles. The Morgan fingerprint density at radius 2 is 0.287 bits per heavy atom. The van der Waals surface area contributed by atoms with Gasteiger partial charge >= 0.3 is 53.7 Å². The van der Waals surface area contributed by atoms with Crippen LogP contribution in [0.1, 0.15) is 31.1 Å². The van der Waals surface area contributed by atoms with Gasteiger partial charge in [-0.25, -0.2) is 0 Å². The third-order valence-electron chi connectivity index (χ3n) is 15.0. The quantitative estimate of drug-likeness (QED) is 0.0371. The number of rotatable bonds is 27. The zero-order chi connectivity index (χ0) is 64.2. The molecule has 33 nitrogen and oxygen atoms in total. The average molecular weight is 1240 g/mol. The molecule has 87 heavy (non-hydrogen) atoms. The lowest BCUT2D eigenvalue weighted by atomic mass is 9.97. The predicted molar refractivity (Wildman–Crippen MR) is 305 cm³/mol. The average Bonchev–Trinajstić information content (AvgIpc) is 3.46. The summed E-state index contributed by atoms with van der Waals surface area (Å²) in [5.41, 5.74) is -0.322. The molecule has 3 fully saturated rings. The normalized spacial score (nSPS) is 19.6. The molecular formula is C54H84N12O21. The van der Waals surface area contributed by atoms with Crippen LogP contribution in [-0.2, 0) is 43.2 Å². The van der Waals surface area contributed by atoms with Crippen molar-refractivity contribution in [3.63, 3.8) is 0 Å². The van der Waals surface area contributed by atoms with Crippen molar-refractivity contribution >= 4 is 71.1 Å². The van der Waals surface area contributed by atoms with Crippen LogP contribution in [0.4, 0.5) is 0 Å². The summed E-state index contributed by atoms with van der Waals surface area (Å²) < 4.78 is 0. The lowest BCUT2D eigenvalue weighted by Gasteiger charge is -2.33. The van der Waals surface area contributed by atoms with Gasteiger partial charge in [-0.2, -0.15) is 0 Å². The van der Waals surface area contributed by atoms with E-state index in [0.717, 1.165) is 0 Å². The summed E-state index contributed by atoms with van der Waals surface area (Å²) in [5.74, 6) is -12.2. The van der Waals surface area contributed by atoms with Crippen LogP contribution in [-0.4, -0.2) is 411 Å². The number of carboxylic acid groups (broad SMARTS) is 9. The molecule has 9 N–H and O–H groups in total. The van der Waals surface area contributed by atoms with E-state index >= 15 is 0 Å². The summed E-state index contributed by atoms with van der Waals surface area (Å²) in [6, 6.07) is 3.92. The van der Waals surface area contributed by atoms with Crippen LogP contribution in [0.25, 0.3) is 0 Å². The van der Waals surface area contributed by atoms with E-state index in [1.165, 1.54) is 18.2 Å². The molecule has 33 heteroatoms. The monoisotopic (exact) mass is 1240 g/mol. The van der Waals surface area contributed by atoms with Gasteiger partial charge in [0.1, 0.15) is 0 Å². The van der Waals surface area contributed by atoms with E-state index in [1.54, 1.807) is 58.8 Å². The van der Waals surface area contributed by atoms with Gasteiger partial charge < -0.3 is 46.0 Å². The minimum absolute atomic E-state index is 0.0535. The van der Waals surface area contributed by atoms with Crippen molar-refractivity contribution in [2.75, 3.05) is 236 Å². The van der Waals surface area contributed by atoms with Gasteiger partial charge in [-0.3, -0.25) is 116 Å². The fourth-order valence-corrected chi connectivity index (χ4v) is 10.3. The number of ketones is 3. The molecule has 0 atom stereocenters. The van der Waals surface area contributed by atoms with E-state index in [1.807, 2.05) is 0 Å². The van der Waals surface area contributed by atoms with Gasteiger partial charge in [0.05, 0.1) is 78.5 Å². The molecule has 0 unspecified atom stereocenters. The highest BCUT2D eigenvalue weighted by atomic mass is 16.4. The number of carbonyl (C=O) groups excluding carboxylic acids is 3. The van der Waals surface area contributed by atoms with Crippen molar-refractivity contribution in [3.05, 3.63) is 34.9 Å². The number of carboxylic acids is 9. The number of nitrogens with zero attached hydrogens (tertiary/aromatic N) is 12. The Labute approximate surface area is 502 Å². The van der Waals surface area contributed by atoms with E-state index in [4.69, 9.17) is 0 Å². The number of hydrogen-bond donors (Lipinski definition) is 9. The first-order chi connectivity index (χ1) is 41.2. The van der Waals surface area contributed by atoms with Crippen LogP contribution in [0.15, 0.2) is 18.2 Å². The second-order valence-corrected chi connectivity index (χ2v) is 21.9. The van der Waals surface area contributed by atoms with Crippen molar-refractivity contribution in [1.29, 1.82) is 0 Å². The fraction of sp³-hybridized carbons (Fsp3) is 0.667. The summed E-state index contributed by atoms with van der Waals surface area (Å²) in [4.78, 5) is 171. The van der Waals surface area contributed by atoms with Gasteiger partial charge in [-0.15, -0.1) is 0 Å². The van der Waals surface area contributed by atoms with Gasteiger partial charge in [0.15, 0.2) is 17.3 Å². The van der Waals surface area contributed by atoms with Gasteiger partial charge in [-0.1, -0.05) is 0 Å². The zero-order valence-electron chi connectivity index (χ0n) is 49.0. The molecule has 0 amide bonds. The maximum Gasteiger partial charge on any atom is 0.317 e. The van der Waals surface area contributed by atoms with E-state index in [2.05, 4.69) is 0 Å². The molecular weight excluding hydrogens is 1150 g/mol. The largest absolute Gasteiger partial charge is 0.480 e. The van der Waals surface area contributed by atoms with Crippen LogP contribution in [0.2, 0.25) is 0 Å². The molecule has 0 aliphatic carbocycles. The Morgan fingerprint density at radius 1 is 0.195 bits per heavy atom. The van der Waals surface area contributed by atoms with E-state index < -0.39 is 110 Å². The highest BCUT2D eigenvalue weighted by molar-refractivity contribution is 6.07. The molecule has 0 aromatic heterocycles. The zero-order valence-corrected chi connectivity index (χ0v) is 49.0. The Balaban J connectivity index is 1.78. The Kier molecular flexibility index (Phi) is 31.3. The second-order valence-electron chi connectivity index (χ2n) is 21.9. The summed E-state index contributed by atoms with van der Waals surface area (Å²) in [6.07, 6.45) is 0. The first kappa shape index (κ1) is 72.5. The topological polar surface area (TPSA) is 426 Å².